The van der Waals surface area contributed by atoms with Gasteiger partial charge in [-0.15, -0.1) is 0 Å². The number of rotatable bonds is 4. The number of aromatic hydroxyl groups is 1. The molecule has 0 amide bonds. The smallest absolute Gasteiger partial charge is 0.172 e. The van der Waals surface area contributed by atoms with Crippen LogP contribution in [-0.2, 0) is 0 Å². The molecule has 0 radical (unpaired) electrons. The molecular formula is C20H18N4O. The second-order valence-electron chi connectivity index (χ2n) is 5.39. The molecule has 1 heterocycles. The van der Waals surface area contributed by atoms with Crippen molar-refractivity contribution in [1.82, 2.24) is 10.4 Å². The summed E-state index contributed by atoms with van der Waals surface area (Å²) in [5.74, 6) is 0.739. The van der Waals surface area contributed by atoms with E-state index in [1.165, 1.54) is 0 Å². The van der Waals surface area contributed by atoms with Gasteiger partial charge in [0.25, 0.3) is 0 Å². The molecule has 25 heavy (non-hydrogen) atoms. The second kappa shape index (κ2) is 7.88. The first kappa shape index (κ1) is 16.4. The van der Waals surface area contributed by atoms with E-state index >= 15 is 0 Å². The van der Waals surface area contributed by atoms with Gasteiger partial charge in [-0.3, -0.25) is 10.4 Å². The zero-order valence-electron chi connectivity index (χ0n) is 13.8. The Morgan fingerprint density at radius 1 is 1.00 bits per heavy atom. The fraction of sp³-hybridized carbons (Fsp3) is 0.0500. The Morgan fingerprint density at radius 2 is 1.80 bits per heavy atom. The summed E-state index contributed by atoms with van der Waals surface area (Å²) in [5.41, 5.74) is 5.83. The van der Waals surface area contributed by atoms with Crippen LogP contribution in [0.2, 0.25) is 0 Å². The molecule has 124 valence electrons. The largest absolute Gasteiger partial charge is 0.507 e. The lowest BCUT2D eigenvalue weighted by atomic mass is 10.1. The fourth-order valence-corrected chi connectivity index (χ4v) is 2.22. The third-order valence-electron chi connectivity index (χ3n) is 3.55. The van der Waals surface area contributed by atoms with Gasteiger partial charge >= 0.3 is 0 Å². The summed E-state index contributed by atoms with van der Waals surface area (Å²) in [7, 11) is 0. The van der Waals surface area contributed by atoms with E-state index in [9.17, 15) is 5.11 Å². The number of phenolic OH excluding ortho intramolecular Hbond substituents is 1. The van der Waals surface area contributed by atoms with Crippen LogP contribution in [0.3, 0.4) is 0 Å². The SMILES string of the molecule is Cc1cccc(C=NNC(=Nc2ccccc2)c2ccccn2)c1O. The van der Waals surface area contributed by atoms with E-state index in [2.05, 4.69) is 20.5 Å². The third kappa shape index (κ3) is 4.29. The molecule has 0 fully saturated rings. The average molecular weight is 330 g/mol. The number of aromatic nitrogens is 1. The topological polar surface area (TPSA) is 69.9 Å². The number of phenols is 1. The van der Waals surface area contributed by atoms with Crippen LogP contribution in [-0.4, -0.2) is 22.1 Å². The molecule has 2 N–H and O–H groups in total. The summed E-state index contributed by atoms with van der Waals surface area (Å²) in [6.45, 7) is 1.84. The van der Waals surface area contributed by atoms with Crippen molar-refractivity contribution in [3.8, 4) is 5.75 Å². The van der Waals surface area contributed by atoms with Crippen LogP contribution in [0.5, 0.6) is 5.75 Å². The summed E-state index contributed by atoms with van der Waals surface area (Å²) in [6, 6.07) is 20.7. The normalized spacial score (nSPS) is 11.6. The Bertz CT molecular complexity index is 890. The Kier molecular flexibility index (Phi) is 5.16. The zero-order chi connectivity index (χ0) is 17.5. The molecule has 0 saturated carbocycles. The first-order valence-corrected chi connectivity index (χ1v) is 7.87. The van der Waals surface area contributed by atoms with Crippen molar-refractivity contribution in [1.29, 1.82) is 0 Å². The number of aliphatic imine (C=N–C) groups is 1. The van der Waals surface area contributed by atoms with Crippen molar-refractivity contribution < 1.29 is 5.11 Å². The van der Waals surface area contributed by atoms with Gasteiger partial charge in [0.15, 0.2) is 5.84 Å². The molecule has 3 aromatic rings. The van der Waals surface area contributed by atoms with E-state index in [4.69, 9.17) is 0 Å². The summed E-state index contributed by atoms with van der Waals surface area (Å²) in [4.78, 5) is 8.88. The maximum absolute atomic E-state index is 10.1. The highest BCUT2D eigenvalue weighted by Crippen LogP contribution is 2.19. The highest BCUT2D eigenvalue weighted by molar-refractivity contribution is 5.99. The quantitative estimate of drug-likeness (QED) is 0.434. The molecule has 0 atom stereocenters. The van der Waals surface area contributed by atoms with E-state index in [0.717, 1.165) is 11.3 Å². The van der Waals surface area contributed by atoms with Gasteiger partial charge in [-0.1, -0.05) is 36.4 Å². The van der Waals surface area contributed by atoms with Crippen molar-refractivity contribution >= 4 is 17.7 Å². The summed E-state index contributed by atoms with van der Waals surface area (Å²) in [6.07, 6.45) is 3.26. The minimum absolute atomic E-state index is 0.215. The lowest BCUT2D eigenvalue weighted by Crippen LogP contribution is -2.20. The number of amidine groups is 1. The molecule has 0 bridgehead atoms. The van der Waals surface area contributed by atoms with Crippen LogP contribution in [0, 0.1) is 6.92 Å². The van der Waals surface area contributed by atoms with Gasteiger partial charge in [0, 0.05) is 11.8 Å². The predicted molar refractivity (Wildman–Crippen MR) is 100 cm³/mol. The Labute approximate surface area is 146 Å². The molecule has 0 saturated heterocycles. The lowest BCUT2D eigenvalue weighted by Gasteiger charge is -2.06. The van der Waals surface area contributed by atoms with Crippen LogP contribution in [0.25, 0.3) is 0 Å². The van der Waals surface area contributed by atoms with Gasteiger partial charge in [0.05, 0.1) is 11.9 Å². The monoisotopic (exact) mass is 330 g/mol. The maximum Gasteiger partial charge on any atom is 0.172 e. The number of hydrazone groups is 1. The molecule has 2 aromatic carbocycles. The van der Waals surface area contributed by atoms with Gasteiger partial charge in [0.2, 0.25) is 0 Å². The number of hydrogen-bond donors (Lipinski definition) is 2. The highest BCUT2D eigenvalue weighted by Gasteiger charge is 2.05. The van der Waals surface area contributed by atoms with Gasteiger partial charge in [-0.2, -0.15) is 5.10 Å². The highest BCUT2D eigenvalue weighted by atomic mass is 16.3. The number of benzene rings is 2. The summed E-state index contributed by atoms with van der Waals surface area (Å²) in [5, 5.41) is 14.3. The van der Waals surface area contributed by atoms with Crippen LogP contribution in [0.15, 0.2) is 83.0 Å². The first-order valence-electron chi connectivity index (χ1n) is 7.87. The van der Waals surface area contributed by atoms with Crippen molar-refractivity contribution in [2.45, 2.75) is 6.92 Å². The van der Waals surface area contributed by atoms with Gasteiger partial charge < -0.3 is 5.11 Å². The lowest BCUT2D eigenvalue weighted by molar-refractivity contribution is 0.470. The molecule has 0 unspecified atom stereocenters. The number of aryl methyl sites for hydroxylation is 1. The van der Waals surface area contributed by atoms with Crippen molar-refractivity contribution in [2.75, 3.05) is 0 Å². The van der Waals surface area contributed by atoms with Crippen molar-refractivity contribution in [2.24, 2.45) is 10.1 Å². The third-order valence-corrected chi connectivity index (χ3v) is 3.55. The summed E-state index contributed by atoms with van der Waals surface area (Å²) >= 11 is 0. The minimum atomic E-state index is 0.215. The molecular weight excluding hydrogens is 312 g/mol. The first-order chi connectivity index (χ1) is 12.2. The molecule has 1 aromatic heterocycles. The molecule has 0 spiro atoms. The Balaban J connectivity index is 1.87. The molecule has 3 rings (SSSR count). The van der Waals surface area contributed by atoms with Crippen molar-refractivity contribution in [3.63, 3.8) is 0 Å². The van der Waals surface area contributed by atoms with E-state index < -0.39 is 0 Å². The number of nitrogens with zero attached hydrogens (tertiary/aromatic N) is 3. The molecule has 0 aliphatic rings. The van der Waals surface area contributed by atoms with E-state index in [1.807, 2.05) is 67.6 Å². The van der Waals surface area contributed by atoms with Crippen LogP contribution in [0.1, 0.15) is 16.8 Å². The van der Waals surface area contributed by atoms with E-state index in [1.54, 1.807) is 18.5 Å². The zero-order valence-corrected chi connectivity index (χ0v) is 13.8. The molecule has 0 aliphatic heterocycles. The van der Waals surface area contributed by atoms with E-state index in [0.29, 0.717) is 17.1 Å². The standard InChI is InChI=1S/C20H18N4O/c1-15-8-7-9-16(19(15)25)14-22-24-20(18-12-5-6-13-21-18)23-17-10-3-2-4-11-17/h2-14,25H,1H3,(H,23,24). The van der Waals surface area contributed by atoms with E-state index in [-0.39, 0.29) is 5.75 Å². The minimum Gasteiger partial charge on any atom is -0.507 e. The summed E-state index contributed by atoms with van der Waals surface area (Å²) < 4.78 is 0. The van der Waals surface area contributed by atoms with Crippen LogP contribution in [0.4, 0.5) is 5.69 Å². The number of hydrogen-bond acceptors (Lipinski definition) is 4. The average Bonchev–Trinajstić information content (AvgIpc) is 2.66. The maximum atomic E-state index is 10.1. The van der Waals surface area contributed by atoms with Crippen molar-refractivity contribution in [3.05, 3.63) is 89.7 Å². The second-order valence-corrected chi connectivity index (χ2v) is 5.39. The molecule has 5 heteroatoms. The molecule has 5 nitrogen and oxygen atoms in total. The predicted octanol–water partition coefficient (Wildman–Crippen LogP) is 3.80. The van der Waals surface area contributed by atoms with Gasteiger partial charge in [-0.05, 0) is 42.8 Å². The van der Waals surface area contributed by atoms with Crippen LogP contribution < -0.4 is 5.43 Å². The Hall–Kier alpha value is -3.47. The van der Waals surface area contributed by atoms with Crippen LogP contribution >= 0.6 is 0 Å². The number of para-hydroxylation sites is 2. The Morgan fingerprint density at radius 3 is 2.56 bits per heavy atom. The number of pyridine rings is 1. The van der Waals surface area contributed by atoms with Gasteiger partial charge in [0.1, 0.15) is 11.4 Å². The fourth-order valence-electron chi connectivity index (χ4n) is 2.22. The number of nitrogens with one attached hydrogen (secondary N) is 1. The van der Waals surface area contributed by atoms with Gasteiger partial charge in [-0.25, -0.2) is 4.99 Å². The molecule has 0 aliphatic carbocycles.